The van der Waals surface area contributed by atoms with E-state index in [4.69, 9.17) is 24.2 Å². The molecule has 0 aromatic carbocycles. The summed E-state index contributed by atoms with van der Waals surface area (Å²) in [4.78, 5) is 68.0. The molecule has 16 heteroatoms. The normalized spacial score (nSPS) is 11.2. The van der Waals surface area contributed by atoms with Crippen LogP contribution in [0.2, 0.25) is 0 Å². The molecule has 0 unspecified atom stereocenters. The van der Waals surface area contributed by atoms with Gasteiger partial charge in [0.15, 0.2) is 16.6 Å². The molecular formula is C27H37N5O9S2. The fourth-order valence-corrected chi connectivity index (χ4v) is 4.00. The molecular weight excluding hydrogens is 602 g/mol. The molecule has 2 heterocycles. The zero-order valence-electron chi connectivity index (χ0n) is 25.8. The lowest BCUT2D eigenvalue weighted by Gasteiger charge is -2.27. The van der Waals surface area contributed by atoms with Crippen molar-refractivity contribution in [2.24, 2.45) is 0 Å². The van der Waals surface area contributed by atoms with Gasteiger partial charge in [0.05, 0.1) is 12.7 Å². The number of amides is 3. The van der Waals surface area contributed by atoms with Crippen LogP contribution in [0.15, 0.2) is 10.8 Å². The van der Waals surface area contributed by atoms with Crippen molar-refractivity contribution < 1.29 is 42.9 Å². The molecule has 2 aromatic heterocycles. The van der Waals surface area contributed by atoms with Gasteiger partial charge in [-0.1, -0.05) is 0 Å². The number of ether oxygens (including phenoxy) is 4. The van der Waals surface area contributed by atoms with Gasteiger partial charge in [0.2, 0.25) is 5.13 Å². The fourth-order valence-electron chi connectivity index (χ4n) is 2.52. The number of nitriles is 1. The third-order valence-electron chi connectivity index (χ3n) is 3.96. The van der Waals surface area contributed by atoms with E-state index in [9.17, 15) is 24.0 Å². The summed E-state index contributed by atoms with van der Waals surface area (Å²) in [6, 6.07) is 1.75. The molecule has 3 amide bonds. The molecule has 0 aliphatic heterocycles. The van der Waals surface area contributed by atoms with Crippen LogP contribution in [0.4, 0.5) is 24.6 Å². The van der Waals surface area contributed by atoms with E-state index in [0.717, 1.165) is 22.7 Å². The van der Waals surface area contributed by atoms with Crippen LogP contribution < -0.4 is 10.2 Å². The molecule has 236 valence electrons. The van der Waals surface area contributed by atoms with Gasteiger partial charge in [0, 0.05) is 10.8 Å². The summed E-state index contributed by atoms with van der Waals surface area (Å²) in [7, 11) is 0. The minimum absolute atomic E-state index is 0.000956. The number of hydrogen-bond acceptors (Lipinski definition) is 14. The standard InChI is InChI=1S/C16H24N2O6S.C11H13N3O3S/c1-8-22-11(19)10-9-25-12(17-10)18(13(20)23-15(2,3)4)14(21)24-16(5,6)7;1-11(2,3)17-10(16)14-9-13-7(6-18-9)8(15)4-5-12/h9H,8H2,1-7H3;6H,4H2,1-3H3,(H,13,14,16). The van der Waals surface area contributed by atoms with Gasteiger partial charge < -0.3 is 18.9 Å². The Morgan fingerprint density at radius 2 is 1.35 bits per heavy atom. The summed E-state index contributed by atoms with van der Waals surface area (Å²) in [5.74, 6) is -1.01. The largest absolute Gasteiger partial charge is 0.461 e. The molecule has 0 saturated carbocycles. The number of carbonyl (C=O) groups is 5. The molecule has 0 saturated heterocycles. The van der Waals surface area contributed by atoms with E-state index in [1.807, 2.05) is 0 Å². The molecule has 0 aliphatic rings. The lowest BCUT2D eigenvalue weighted by molar-refractivity contribution is 0.0424. The Bertz CT molecular complexity index is 1310. The first-order valence-corrected chi connectivity index (χ1v) is 14.7. The zero-order chi connectivity index (χ0) is 33.2. The highest BCUT2D eigenvalue weighted by Crippen LogP contribution is 2.26. The smallest absolute Gasteiger partial charge is 0.426 e. The number of nitrogens with one attached hydrogen (secondary N) is 1. The van der Waals surface area contributed by atoms with E-state index in [0.29, 0.717) is 4.90 Å². The first-order chi connectivity index (χ1) is 19.7. The van der Waals surface area contributed by atoms with Gasteiger partial charge in [0.25, 0.3) is 0 Å². The van der Waals surface area contributed by atoms with Gasteiger partial charge >= 0.3 is 24.2 Å². The molecule has 0 aliphatic carbocycles. The summed E-state index contributed by atoms with van der Waals surface area (Å²) in [5, 5.41) is 13.9. The van der Waals surface area contributed by atoms with Crippen LogP contribution >= 0.6 is 22.7 Å². The number of hydrogen-bond donors (Lipinski definition) is 1. The van der Waals surface area contributed by atoms with Gasteiger partial charge in [-0.25, -0.2) is 29.1 Å². The molecule has 2 aromatic rings. The number of Topliss-reactive ketones (excluding diaryl/α,β-unsaturated/α-hetero) is 1. The highest BCUT2D eigenvalue weighted by molar-refractivity contribution is 7.14. The first kappa shape index (κ1) is 36.9. The second kappa shape index (κ2) is 15.4. The van der Waals surface area contributed by atoms with Gasteiger partial charge in [-0.3, -0.25) is 10.1 Å². The maximum absolute atomic E-state index is 12.4. The van der Waals surface area contributed by atoms with Crippen molar-refractivity contribution >= 4 is 63.0 Å². The van der Waals surface area contributed by atoms with Crippen LogP contribution in [0, 0.1) is 11.3 Å². The second-order valence-electron chi connectivity index (χ2n) is 11.5. The monoisotopic (exact) mass is 639 g/mol. The van der Waals surface area contributed by atoms with E-state index in [2.05, 4.69) is 15.3 Å². The molecule has 0 fully saturated rings. The molecule has 43 heavy (non-hydrogen) atoms. The number of anilines is 2. The summed E-state index contributed by atoms with van der Waals surface area (Å²) < 4.78 is 20.4. The third kappa shape index (κ3) is 14.1. The molecule has 2 rings (SSSR count). The zero-order valence-corrected chi connectivity index (χ0v) is 27.5. The predicted molar refractivity (Wildman–Crippen MR) is 160 cm³/mol. The summed E-state index contributed by atoms with van der Waals surface area (Å²) >= 11 is 2.04. The Balaban J connectivity index is 0.000000453. The fraction of sp³-hybridized carbons (Fsp3) is 0.556. The van der Waals surface area contributed by atoms with E-state index >= 15 is 0 Å². The van der Waals surface area contributed by atoms with Gasteiger partial charge in [-0.2, -0.15) is 10.2 Å². The van der Waals surface area contributed by atoms with Gasteiger partial charge in [0.1, 0.15) is 28.9 Å². The van der Waals surface area contributed by atoms with Crippen molar-refractivity contribution in [3.05, 3.63) is 22.1 Å². The molecule has 0 atom stereocenters. The van der Waals surface area contributed by atoms with Crippen molar-refractivity contribution in [1.82, 2.24) is 9.97 Å². The molecule has 0 spiro atoms. The van der Waals surface area contributed by atoms with Gasteiger partial charge in [-0.05, 0) is 69.2 Å². The summed E-state index contributed by atoms with van der Waals surface area (Å²) in [6.07, 6.45) is -2.73. The number of aromatic nitrogens is 2. The third-order valence-corrected chi connectivity index (χ3v) is 5.54. The average molecular weight is 640 g/mol. The van der Waals surface area contributed by atoms with Crippen molar-refractivity contribution in [2.75, 3.05) is 16.8 Å². The van der Waals surface area contributed by atoms with Crippen LogP contribution in [0.3, 0.4) is 0 Å². The maximum Gasteiger partial charge on any atom is 0.426 e. The molecule has 0 radical (unpaired) electrons. The van der Waals surface area contributed by atoms with Crippen molar-refractivity contribution in [3.63, 3.8) is 0 Å². The Morgan fingerprint density at radius 1 is 0.837 bits per heavy atom. The van der Waals surface area contributed by atoms with Crippen LogP contribution in [0.25, 0.3) is 0 Å². The number of esters is 1. The summed E-state index contributed by atoms with van der Waals surface area (Å²) in [6.45, 7) is 17.1. The molecule has 1 N–H and O–H groups in total. The highest BCUT2D eigenvalue weighted by Gasteiger charge is 2.35. The maximum atomic E-state index is 12.4. The van der Waals surface area contributed by atoms with E-state index < -0.39 is 41.1 Å². The molecule has 0 bridgehead atoms. The van der Waals surface area contributed by atoms with E-state index in [1.54, 1.807) is 75.3 Å². The van der Waals surface area contributed by atoms with Crippen LogP contribution in [-0.2, 0) is 18.9 Å². The SMILES string of the molecule is CC(C)(C)OC(=O)Nc1nc(C(=O)CC#N)cs1.CCOC(=O)c1csc(N(C(=O)OC(C)(C)C)C(=O)OC(C)(C)C)n1. The van der Waals surface area contributed by atoms with Gasteiger partial charge in [-0.15, -0.1) is 22.7 Å². The number of nitrogens with zero attached hydrogens (tertiary/aromatic N) is 4. The van der Waals surface area contributed by atoms with Crippen LogP contribution in [-0.4, -0.2) is 63.4 Å². The highest BCUT2D eigenvalue weighted by atomic mass is 32.1. The minimum atomic E-state index is -0.938. The number of carbonyl (C=O) groups excluding carboxylic acids is 5. The lowest BCUT2D eigenvalue weighted by atomic mass is 10.2. The Morgan fingerprint density at radius 3 is 1.81 bits per heavy atom. The number of ketones is 1. The van der Waals surface area contributed by atoms with Crippen LogP contribution in [0.1, 0.15) is 96.6 Å². The topological polar surface area (TPSA) is 187 Å². The summed E-state index contributed by atoms with van der Waals surface area (Å²) in [5.41, 5.74) is -2.07. The quantitative estimate of drug-likeness (QED) is 0.203. The van der Waals surface area contributed by atoms with Crippen LogP contribution in [0.5, 0.6) is 0 Å². The first-order valence-electron chi connectivity index (χ1n) is 12.9. The number of thiazole rings is 2. The van der Waals surface area contributed by atoms with Crippen molar-refractivity contribution in [2.45, 2.75) is 92.5 Å². The Hall–Kier alpha value is -4.10. The van der Waals surface area contributed by atoms with Crippen molar-refractivity contribution in [3.8, 4) is 6.07 Å². The van der Waals surface area contributed by atoms with E-state index in [1.165, 1.54) is 10.8 Å². The lowest BCUT2D eigenvalue weighted by Crippen LogP contribution is -2.43. The number of rotatable bonds is 6. The minimum Gasteiger partial charge on any atom is -0.461 e. The molecule has 14 nitrogen and oxygen atoms in total. The average Bonchev–Trinajstić information content (AvgIpc) is 3.46. The van der Waals surface area contributed by atoms with E-state index in [-0.39, 0.29) is 40.5 Å². The second-order valence-corrected chi connectivity index (χ2v) is 13.1. The number of imide groups is 1. The van der Waals surface area contributed by atoms with Crippen molar-refractivity contribution in [1.29, 1.82) is 5.26 Å². The Kier molecular flexibility index (Phi) is 13.2. The Labute approximate surface area is 258 Å². The predicted octanol–water partition coefficient (Wildman–Crippen LogP) is 6.58.